The Bertz CT molecular complexity index is 1080. The molecule has 0 aliphatic heterocycles. The summed E-state index contributed by atoms with van der Waals surface area (Å²) >= 11 is 0. The molecule has 0 atom stereocenters. The highest BCUT2D eigenvalue weighted by molar-refractivity contribution is 5.92. The highest BCUT2D eigenvalue weighted by Gasteiger charge is 2.15. The predicted molar refractivity (Wildman–Crippen MR) is 100 cm³/mol. The van der Waals surface area contributed by atoms with Crippen LogP contribution in [0.2, 0.25) is 0 Å². The molecular weight excluding hydrogens is 331 g/mol. The summed E-state index contributed by atoms with van der Waals surface area (Å²) in [5, 5.41) is 0. The van der Waals surface area contributed by atoms with Gasteiger partial charge in [-0.2, -0.15) is 0 Å². The molecule has 0 unspecified atom stereocenters. The Hall–Kier alpha value is -3.67. The lowest BCUT2D eigenvalue weighted by Crippen LogP contribution is -2.00. The summed E-state index contributed by atoms with van der Waals surface area (Å²) in [5.41, 5.74) is 15.3. The first-order valence-electron chi connectivity index (χ1n) is 7.96. The number of hydrogen-bond acceptors (Lipinski definition) is 5. The smallest absolute Gasteiger partial charge is 0.246 e. The van der Waals surface area contributed by atoms with Crippen molar-refractivity contribution >= 4 is 22.4 Å². The van der Waals surface area contributed by atoms with E-state index in [4.69, 9.17) is 16.2 Å². The zero-order chi connectivity index (χ0) is 18.1. The highest BCUT2D eigenvalue weighted by Crippen LogP contribution is 2.34. The van der Waals surface area contributed by atoms with Crippen LogP contribution in [0.4, 0.5) is 15.8 Å². The Morgan fingerprint density at radius 2 is 1.58 bits per heavy atom. The Balaban J connectivity index is 1.91. The van der Waals surface area contributed by atoms with Crippen LogP contribution in [0, 0.1) is 5.82 Å². The zero-order valence-corrected chi connectivity index (χ0v) is 13.7. The first-order chi connectivity index (χ1) is 12.6. The summed E-state index contributed by atoms with van der Waals surface area (Å²) < 4.78 is 19.0. The fourth-order valence-corrected chi connectivity index (χ4v) is 2.66. The molecule has 26 heavy (non-hydrogen) atoms. The van der Waals surface area contributed by atoms with Crippen molar-refractivity contribution in [2.75, 3.05) is 11.5 Å². The SMILES string of the molecule is Nc1cc(N)c2nc(-c3ccccc3)c(Oc3ccc(F)cc3)nc2c1. The van der Waals surface area contributed by atoms with Crippen molar-refractivity contribution in [3.8, 4) is 22.9 Å². The van der Waals surface area contributed by atoms with Crippen molar-refractivity contribution in [3.63, 3.8) is 0 Å². The van der Waals surface area contributed by atoms with E-state index in [9.17, 15) is 4.39 Å². The van der Waals surface area contributed by atoms with Crippen molar-refractivity contribution in [2.45, 2.75) is 0 Å². The van der Waals surface area contributed by atoms with Gasteiger partial charge in [-0.25, -0.2) is 14.4 Å². The maximum atomic E-state index is 13.2. The third-order valence-corrected chi connectivity index (χ3v) is 3.87. The Labute approximate surface area is 149 Å². The Morgan fingerprint density at radius 1 is 0.846 bits per heavy atom. The van der Waals surface area contributed by atoms with Crippen LogP contribution in [0.25, 0.3) is 22.3 Å². The van der Waals surface area contributed by atoms with Crippen LogP contribution in [0.5, 0.6) is 11.6 Å². The number of anilines is 2. The Kier molecular flexibility index (Phi) is 3.85. The molecule has 3 aromatic carbocycles. The van der Waals surface area contributed by atoms with Crippen molar-refractivity contribution in [3.05, 3.63) is 72.5 Å². The predicted octanol–water partition coefficient (Wildman–Crippen LogP) is 4.39. The number of aromatic nitrogens is 2. The monoisotopic (exact) mass is 346 g/mol. The van der Waals surface area contributed by atoms with Crippen LogP contribution in [0.15, 0.2) is 66.7 Å². The summed E-state index contributed by atoms with van der Waals surface area (Å²) in [7, 11) is 0. The lowest BCUT2D eigenvalue weighted by atomic mass is 10.1. The summed E-state index contributed by atoms with van der Waals surface area (Å²) in [5.74, 6) is 0.403. The van der Waals surface area contributed by atoms with Crippen molar-refractivity contribution in [1.29, 1.82) is 0 Å². The van der Waals surface area contributed by atoms with Gasteiger partial charge in [0.2, 0.25) is 5.88 Å². The van der Waals surface area contributed by atoms with Crippen molar-refractivity contribution in [1.82, 2.24) is 9.97 Å². The number of nitrogens with zero attached hydrogens (tertiary/aromatic N) is 2. The minimum Gasteiger partial charge on any atom is -0.437 e. The summed E-state index contributed by atoms with van der Waals surface area (Å²) in [4.78, 5) is 9.21. The lowest BCUT2D eigenvalue weighted by molar-refractivity contribution is 0.463. The summed E-state index contributed by atoms with van der Waals surface area (Å²) in [6.07, 6.45) is 0. The topological polar surface area (TPSA) is 87.1 Å². The van der Waals surface area contributed by atoms with Gasteiger partial charge in [0, 0.05) is 11.3 Å². The molecule has 4 rings (SSSR count). The van der Waals surface area contributed by atoms with E-state index in [-0.39, 0.29) is 5.82 Å². The maximum Gasteiger partial charge on any atom is 0.246 e. The van der Waals surface area contributed by atoms with Gasteiger partial charge in [0.05, 0.1) is 11.2 Å². The number of halogens is 1. The summed E-state index contributed by atoms with van der Waals surface area (Å²) in [6, 6.07) is 18.5. The number of benzene rings is 3. The molecule has 1 aromatic heterocycles. The van der Waals surface area contributed by atoms with Gasteiger partial charge in [0.1, 0.15) is 22.8 Å². The number of nitrogen functional groups attached to an aromatic ring is 2. The van der Waals surface area contributed by atoms with Gasteiger partial charge in [-0.05, 0) is 36.4 Å². The molecule has 0 saturated heterocycles. The van der Waals surface area contributed by atoms with Gasteiger partial charge >= 0.3 is 0 Å². The third kappa shape index (κ3) is 3.00. The fourth-order valence-electron chi connectivity index (χ4n) is 2.66. The fraction of sp³-hybridized carbons (Fsp3) is 0. The first kappa shape index (κ1) is 15.8. The molecule has 128 valence electrons. The standard InChI is InChI=1S/C20H15FN4O/c21-13-6-8-15(9-7-13)26-20-18(12-4-2-1-3-5-12)25-19-16(23)10-14(22)11-17(19)24-20/h1-11H,22-23H2. The van der Waals surface area contributed by atoms with Crippen LogP contribution in [-0.4, -0.2) is 9.97 Å². The van der Waals surface area contributed by atoms with Gasteiger partial charge in [-0.3, -0.25) is 0 Å². The van der Waals surface area contributed by atoms with Gasteiger partial charge < -0.3 is 16.2 Å². The molecular formula is C20H15FN4O. The molecule has 4 N–H and O–H groups in total. The molecule has 0 fully saturated rings. The van der Waals surface area contributed by atoms with Crippen LogP contribution < -0.4 is 16.2 Å². The molecule has 0 radical (unpaired) electrons. The van der Waals surface area contributed by atoms with Crippen LogP contribution >= 0.6 is 0 Å². The Morgan fingerprint density at radius 3 is 2.31 bits per heavy atom. The van der Waals surface area contributed by atoms with Gasteiger partial charge in [0.25, 0.3) is 0 Å². The molecule has 4 aromatic rings. The van der Waals surface area contributed by atoms with Crippen LogP contribution in [0.1, 0.15) is 0 Å². The first-order valence-corrected chi connectivity index (χ1v) is 7.96. The van der Waals surface area contributed by atoms with Gasteiger partial charge in [0.15, 0.2) is 0 Å². The second kappa shape index (κ2) is 6.33. The average molecular weight is 346 g/mol. The molecule has 1 heterocycles. The number of nitrogens with two attached hydrogens (primary N) is 2. The maximum absolute atomic E-state index is 13.2. The number of hydrogen-bond donors (Lipinski definition) is 2. The van der Waals surface area contributed by atoms with Gasteiger partial charge in [-0.1, -0.05) is 30.3 Å². The van der Waals surface area contributed by atoms with E-state index in [1.165, 1.54) is 24.3 Å². The van der Waals surface area contributed by atoms with E-state index in [0.717, 1.165) is 5.56 Å². The molecule has 0 saturated carbocycles. The minimum absolute atomic E-state index is 0.292. The zero-order valence-electron chi connectivity index (χ0n) is 13.7. The quantitative estimate of drug-likeness (QED) is 0.537. The average Bonchev–Trinajstić information content (AvgIpc) is 2.64. The van der Waals surface area contributed by atoms with E-state index in [0.29, 0.717) is 39.7 Å². The van der Waals surface area contributed by atoms with E-state index < -0.39 is 0 Å². The molecule has 0 aliphatic rings. The second-order valence-corrected chi connectivity index (χ2v) is 5.78. The van der Waals surface area contributed by atoms with Crippen molar-refractivity contribution < 1.29 is 9.13 Å². The van der Waals surface area contributed by atoms with E-state index in [2.05, 4.69) is 9.97 Å². The lowest BCUT2D eigenvalue weighted by Gasteiger charge is -2.12. The second-order valence-electron chi connectivity index (χ2n) is 5.78. The van der Waals surface area contributed by atoms with Crippen LogP contribution in [0.3, 0.4) is 0 Å². The van der Waals surface area contributed by atoms with E-state index in [1.54, 1.807) is 12.1 Å². The summed E-state index contributed by atoms with van der Waals surface area (Å²) in [6.45, 7) is 0. The molecule has 0 bridgehead atoms. The van der Waals surface area contributed by atoms with E-state index >= 15 is 0 Å². The largest absolute Gasteiger partial charge is 0.437 e. The van der Waals surface area contributed by atoms with E-state index in [1.807, 2.05) is 30.3 Å². The van der Waals surface area contributed by atoms with Crippen molar-refractivity contribution in [2.24, 2.45) is 0 Å². The molecule has 0 amide bonds. The third-order valence-electron chi connectivity index (χ3n) is 3.87. The normalized spacial score (nSPS) is 10.8. The molecule has 0 aliphatic carbocycles. The number of rotatable bonds is 3. The van der Waals surface area contributed by atoms with Crippen LogP contribution in [-0.2, 0) is 0 Å². The van der Waals surface area contributed by atoms with Gasteiger partial charge in [-0.15, -0.1) is 0 Å². The minimum atomic E-state index is -0.342. The number of ether oxygens (including phenoxy) is 1. The molecule has 0 spiro atoms. The highest BCUT2D eigenvalue weighted by atomic mass is 19.1. The molecule has 5 nitrogen and oxygen atoms in total. The number of fused-ring (bicyclic) bond motifs is 1. The molecule has 6 heteroatoms.